The van der Waals surface area contributed by atoms with Crippen molar-refractivity contribution in [2.24, 2.45) is 5.41 Å². The predicted molar refractivity (Wildman–Crippen MR) is 146 cm³/mol. The molecule has 1 atom stereocenters. The molecule has 1 unspecified atom stereocenters. The normalized spacial score (nSPS) is 15.2. The minimum atomic E-state index is -1.27. The molecule has 6 nitrogen and oxygen atoms in total. The summed E-state index contributed by atoms with van der Waals surface area (Å²) in [5.41, 5.74) is 2.21. The fourth-order valence-electron chi connectivity index (χ4n) is 4.30. The summed E-state index contributed by atoms with van der Waals surface area (Å²) < 4.78 is 15.8. The zero-order valence-corrected chi connectivity index (χ0v) is 21.8. The van der Waals surface area contributed by atoms with E-state index < -0.39 is 5.44 Å². The molecule has 0 amide bonds. The summed E-state index contributed by atoms with van der Waals surface area (Å²) in [5, 5.41) is 17.7. The molecule has 186 valence electrons. The highest BCUT2D eigenvalue weighted by Crippen LogP contribution is 2.39. The molecule has 37 heavy (non-hydrogen) atoms. The number of hydrogen-bond acceptors (Lipinski definition) is 5. The maximum atomic E-state index is 13.8. The number of pyridine rings is 1. The first-order chi connectivity index (χ1) is 17.6. The highest BCUT2D eigenvalue weighted by molar-refractivity contribution is 6.36. The van der Waals surface area contributed by atoms with E-state index in [0.29, 0.717) is 56.7 Å². The van der Waals surface area contributed by atoms with Crippen LogP contribution in [0.5, 0.6) is 0 Å². The van der Waals surface area contributed by atoms with E-state index in [1.807, 2.05) is 12.3 Å². The standard InChI is InChI=1S/C28H27BClFN6/c1-27(2,3)15-34-25-17(12-32)13-33-26-22(25)10-20(11-23(26)30)36-28(29,18-4-6-19(31)7-5-18)24-14-37(16-35-24)21-8-9-21/h4-7,10-11,13-14,16,21,36H,8-9,15H2,1-3H3,(H,33,34). The summed E-state index contributed by atoms with van der Waals surface area (Å²) in [5.74, 6) is -0.354. The minimum absolute atomic E-state index is 0.0165. The van der Waals surface area contributed by atoms with Gasteiger partial charge in [0.25, 0.3) is 0 Å². The van der Waals surface area contributed by atoms with Crippen LogP contribution in [0, 0.1) is 22.6 Å². The lowest BCUT2D eigenvalue weighted by Gasteiger charge is -2.32. The van der Waals surface area contributed by atoms with E-state index in [0.717, 1.165) is 12.8 Å². The van der Waals surface area contributed by atoms with Crippen molar-refractivity contribution >= 4 is 41.7 Å². The smallest absolute Gasteiger partial charge is 0.123 e. The molecule has 0 bridgehead atoms. The summed E-state index contributed by atoms with van der Waals surface area (Å²) in [6.45, 7) is 6.98. The van der Waals surface area contributed by atoms with Gasteiger partial charge in [0.15, 0.2) is 0 Å². The fraction of sp³-hybridized carbons (Fsp3) is 0.321. The van der Waals surface area contributed by atoms with Crippen LogP contribution in [0.15, 0.2) is 55.1 Å². The van der Waals surface area contributed by atoms with Crippen molar-refractivity contribution in [3.63, 3.8) is 0 Å². The lowest BCUT2D eigenvalue weighted by molar-refractivity contribution is 0.443. The molecule has 1 aliphatic rings. The number of fused-ring (bicyclic) bond motifs is 1. The third-order valence-electron chi connectivity index (χ3n) is 6.46. The summed E-state index contributed by atoms with van der Waals surface area (Å²) in [7, 11) is 7.02. The number of halogens is 2. The van der Waals surface area contributed by atoms with Crippen LogP contribution in [0.25, 0.3) is 10.9 Å². The van der Waals surface area contributed by atoms with Gasteiger partial charge in [0.05, 0.1) is 39.2 Å². The van der Waals surface area contributed by atoms with Gasteiger partial charge >= 0.3 is 0 Å². The Kier molecular flexibility index (Phi) is 6.37. The Morgan fingerprint density at radius 2 is 1.92 bits per heavy atom. The lowest BCUT2D eigenvalue weighted by atomic mass is 9.69. The van der Waals surface area contributed by atoms with Crippen LogP contribution in [0.1, 0.15) is 56.5 Å². The SMILES string of the molecule is [B]C(Nc1cc(Cl)c2ncc(C#N)c(NCC(C)(C)C)c2c1)(c1ccc(F)cc1)c1cn(C2CC2)cn1. The van der Waals surface area contributed by atoms with Crippen LogP contribution in [0.3, 0.4) is 0 Å². The van der Waals surface area contributed by atoms with Gasteiger partial charge in [-0.15, -0.1) is 0 Å². The molecule has 9 heteroatoms. The number of aromatic nitrogens is 3. The second-order valence-electron chi connectivity index (χ2n) is 10.8. The van der Waals surface area contributed by atoms with Gasteiger partial charge in [-0.1, -0.05) is 44.5 Å². The van der Waals surface area contributed by atoms with Crippen LogP contribution in [-0.4, -0.2) is 28.9 Å². The molecule has 0 aliphatic heterocycles. The number of benzene rings is 2. The Morgan fingerprint density at radius 3 is 2.57 bits per heavy atom. The molecule has 0 saturated heterocycles. The number of rotatable bonds is 7. The van der Waals surface area contributed by atoms with Crippen molar-refractivity contribution in [3.05, 3.63) is 82.8 Å². The van der Waals surface area contributed by atoms with E-state index in [1.165, 1.54) is 18.3 Å². The summed E-state index contributed by atoms with van der Waals surface area (Å²) >= 11 is 6.69. The second-order valence-corrected chi connectivity index (χ2v) is 11.2. The zero-order chi connectivity index (χ0) is 26.4. The van der Waals surface area contributed by atoms with E-state index in [4.69, 9.17) is 19.4 Å². The van der Waals surface area contributed by atoms with Gasteiger partial charge in [0.1, 0.15) is 19.7 Å². The van der Waals surface area contributed by atoms with Crippen molar-refractivity contribution in [1.29, 1.82) is 5.26 Å². The molecule has 1 fully saturated rings. The first-order valence-electron chi connectivity index (χ1n) is 12.2. The summed E-state index contributed by atoms with van der Waals surface area (Å²) in [6, 6.07) is 12.3. The number of anilines is 2. The third kappa shape index (κ3) is 5.14. The van der Waals surface area contributed by atoms with Crippen molar-refractivity contribution in [3.8, 4) is 6.07 Å². The zero-order valence-electron chi connectivity index (χ0n) is 21.0. The van der Waals surface area contributed by atoms with Crippen molar-refractivity contribution < 1.29 is 4.39 Å². The molecule has 2 heterocycles. The number of imidazole rings is 1. The molecule has 2 aromatic heterocycles. The third-order valence-corrected chi connectivity index (χ3v) is 6.74. The monoisotopic (exact) mass is 512 g/mol. The van der Waals surface area contributed by atoms with Gasteiger partial charge in [-0.25, -0.2) is 9.37 Å². The fourth-order valence-corrected chi connectivity index (χ4v) is 4.57. The molecule has 2 radical (unpaired) electrons. The van der Waals surface area contributed by atoms with Gasteiger partial charge in [0.2, 0.25) is 0 Å². The Labute approximate surface area is 222 Å². The van der Waals surface area contributed by atoms with Crippen LogP contribution in [0.2, 0.25) is 5.02 Å². The average molecular weight is 513 g/mol. The number of nitrogens with one attached hydrogen (secondary N) is 2. The number of hydrogen-bond donors (Lipinski definition) is 2. The molecule has 5 rings (SSSR count). The van der Waals surface area contributed by atoms with E-state index in [1.54, 1.807) is 24.5 Å². The molecule has 2 N–H and O–H groups in total. The van der Waals surface area contributed by atoms with E-state index >= 15 is 0 Å². The molecule has 4 aromatic rings. The number of nitriles is 1. The Hall–Kier alpha value is -3.57. The molecule has 2 aromatic carbocycles. The van der Waals surface area contributed by atoms with E-state index in [2.05, 4.69) is 52.0 Å². The first-order valence-corrected chi connectivity index (χ1v) is 12.6. The van der Waals surface area contributed by atoms with Crippen LogP contribution >= 0.6 is 11.6 Å². The van der Waals surface area contributed by atoms with Crippen molar-refractivity contribution in [2.45, 2.75) is 45.1 Å². The van der Waals surface area contributed by atoms with Gasteiger partial charge in [-0.2, -0.15) is 5.26 Å². The Bertz CT molecular complexity index is 1500. The maximum Gasteiger partial charge on any atom is 0.123 e. The molecule has 0 spiro atoms. The van der Waals surface area contributed by atoms with E-state index in [-0.39, 0.29) is 11.2 Å². The highest BCUT2D eigenvalue weighted by atomic mass is 35.5. The lowest BCUT2D eigenvalue weighted by Crippen LogP contribution is -2.37. The van der Waals surface area contributed by atoms with Crippen LogP contribution in [0.4, 0.5) is 15.8 Å². The largest absolute Gasteiger partial charge is 0.383 e. The summed E-state index contributed by atoms with van der Waals surface area (Å²) in [6.07, 6.45) is 7.46. The summed E-state index contributed by atoms with van der Waals surface area (Å²) in [4.78, 5) is 9.05. The first kappa shape index (κ1) is 25.1. The molecule has 1 saturated carbocycles. The average Bonchev–Trinajstić information content (AvgIpc) is 3.58. The van der Waals surface area contributed by atoms with Crippen LogP contribution in [-0.2, 0) is 5.44 Å². The van der Waals surface area contributed by atoms with Crippen molar-refractivity contribution in [1.82, 2.24) is 14.5 Å². The molecular weight excluding hydrogens is 486 g/mol. The second kappa shape index (κ2) is 9.39. The minimum Gasteiger partial charge on any atom is -0.383 e. The van der Waals surface area contributed by atoms with Crippen LogP contribution < -0.4 is 10.6 Å². The van der Waals surface area contributed by atoms with Crippen molar-refractivity contribution in [2.75, 3.05) is 17.2 Å². The van der Waals surface area contributed by atoms with Gasteiger partial charge < -0.3 is 15.2 Å². The number of nitrogens with zero attached hydrogens (tertiary/aromatic N) is 4. The molecule has 1 aliphatic carbocycles. The highest BCUT2D eigenvalue weighted by Gasteiger charge is 2.33. The quantitative estimate of drug-likeness (QED) is 0.281. The van der Waals surface area contributed by atoms with E-state index in [9.17, 15) is 9.65 Å². The van der Waals surface area contributed by atoms with Gasteiger partial charge in [0, 0.05) is 36.1 Å². The van der Waals surface area contributed by atoms with Gasteiger partial charge in [-0.05, 0) is 48.1 Å². The molecular formula is C28H27BClFN6. The maximum absolute atomic E-state index is 13.8. The topological polar surface area (TPSA) is 78.6 Å². The predicted octanol–water partition coefficient (Wildman–Crippen LogP) is 6.37. The van der Waals surface area contributed by atoms with Gasteiger partial charge in [-0.3, -0.25) is 4.98 Å². The Morgan fingerprint density at radius 1 is 1.19 bits per heavy atom. The Balaban J connectivity index is 1.62.